The molecule has 3 N–H and O–H groups in total. The number of rotatable bonds is 7. The van der Waals surface area contributed by atoms with Crippen molar-refractivity contribution in [2.24, 2.45) is 5.92 Å². The van der Waals surface area contributed by atoms with E-state index < -0.39 is 0 Å². The van der Waals surface area contributed by atoms with Crippen LogP contribution in [-0.4, -0.2) is 36.8 Å². The van der Waals surface area contributed by atoms with Crippen molar-refractivity contribution in [2.75, 3.05) is 37.9 Å². The zero-order valence-electron chi connectivity index (χ0n) is 11.5. The number of anilines is 2. The summed E-state index contributed by atoms with van der Waals surface area (Å²) < 4.78 is 10.4. The number of nitrogens with zero attached hydrogens (tertiary/aromatic N) is 2. The summed E-state index contributed by atoms with van der Waals surface area (Å²) in [6.07, 6.45) is 0. The SMILES string of the molecule is COCCOc1nc(C)nc(NCC(C)C)c1N. The van der Waals surface area contributed by atoms with Crippen molar-refractivity contribution in [3.05, 3.63) is 5.82 Å². The fraction of sp³-hybridized carbons (Fsp3) is 0.667. The van der Waals surface area contributed by atoms with Crippen molar-refractivity contribution in [3.8, 4) is 5.88 Å². The molecule has 0 aliphatic rings. The number of aromatic nitrogens is 2. The Labute approximate surface area is 108 Å². The summed E-state index contributed by atoms with van der Waals surface area (Å²) in [6, 6.07) is 0. The first-order chi connectivity index (χ1) is 8.54. The van der Waals surface area contributed by atoms with Crippen molar-refractivity contribution < 1.29 is 9.47 Å². The lowest BCUT2D eigenvalue weighted by Crippen LogP contribution is -2.14. The molecule has 0 bridgehead atoms. The van der Waals surface area contributed by atoms with Gasteiger partial charge in [-0.25, -0.2) is 4.98 Å². The average Bonchev–Trinajstić information content (AvgIpc) is 2.31. The molecular weight excluding hydrogens is 232 g/mol. The maximum Gasteiger partial charge on any atom is 0.242 e. The van der Waals surface area contributed by atoms with Crippen LogP contribution in [0.1, 0.15) is 19.7 Å². The third kappa shape index (κ3) is 4.37. The van der Waals surface area contributed by atoms with E-state index in [9.17, 15) is 0 Å². The van der Waals surface area contributed by atoms with Gasteiger partial charge in [0.1, 0.15) is 18.1 Å². The van der Waals surface area contributed by atoms with Gasteiger partial charge in [-0.05, 0) is 12.8 Å². The summed E-state index contributed by atoms with van der Waals surface area (Å²) in [5.41, 5.74) is 6.41. The lowest BCUT2D eigenvalue weighted by molar-refractivity contribution is 0.144. The molecule has 0 unspecified atom stereocenters. The molecular formula is C12H22N4O2. The standard InChI is InChI=1S/C12H22N4O2/c1-8(2)7-14-11-10(13)12(16-9(3)15-11)18-6-5-17-4/h8H,5-7,13H2,1-4H3,(H,14,15,16). The topological polar surface area (TPSA) is 82.3 Å². The Bertz CT molecular complexity index is 383. The van der Waals surface area contributed by atoms with Crippen LogP contribution >= 0.6 is 0 Å². The number of nitrogens with two attached hydrogens (primary N) is 1. The van der Waals surface area contributed by atoms with Crippen LogP contribution in [0.3, 0.4) is 0 Å². The highest BCUT2D eigenvalue weighted by Crippen LogP contribution is 2.25. The Balaban J connectivity index is 2.78. The van der Waals surface area contributed by atoms with Crippen LogP contribution in [0, 0.1) is 12.8 Å². The smallest absolute Gasteiger partial charge is 0.242 e. The minimum Gasteiger partial charge on any atom is -0.474 e. The average molecular weight is 254 g/mol. The molecule has 0 saturated carbocycles. The Hall–Kier alpha value is -1.56. The van der Waals surface area contributed by atoms with E-state index in [-0.39, 0.29) is 0 Å². The van der Waals surface area contributed by atoms with Gasteiger partial charge in [-0.15, -0.1) is 0 Å². The lowest BCUT2D eigenvalue weighted by atomic mass is 10.2. The molecule has 18 heavy (non-hydrogen) atoms. The molecule has 0 fully saturated rings. The van der Waals surface area contributed by atoms with Gasteiger partial charge in [0.15, 0.2) is 5.82 Å². The number of ether oxygens (including phenoxy) is 2. The molecule has 1 aromatic heterocycles. The molecule has 1 rings (SSSR count). The molecule has 6 heteroatoms. The normalized spacial score (nSPS) is 10.7. The van der Waals surface area contributed by atoms with E-state index in [2.05, 4.69) is 29.1 Å². The van der Waals surface area contributed by atoms with Crippen molar-refractivity contribution in [3.63, 3.8) is 0 Å². The first-order valence-corrected chi connectivity index (χ1v) is 6.04. The molecule has 0 atom stereocenters. The zero-order chi connectivity index (χ0) is 13.5. The summed E-state index contributed by atoms with van der Waals surface area (Å²) in [7, 11) is 1.62. The predicted octanol–water partition coefficient (Wildman–Crippen LogP) is 1.46. The van der Waals surface area contributed by atoms with Crippen LogP contribution in [0.15, 0.2) is 0 Å². The molecule has 1 aromatic rings. The highest BCUT2D eigenvalue weighted by Gasteiger charge is 2.11. The monoisotopic (exact) mass is 254 g/mol. The van der Waals surface area contributed by atoms with Gasteiger partial charge >= 0.3 is 0 Å². The van der Waals surface area contributed by atoms with E-state index in [1.54, 1.807) is 7.11 Å². The van der Waals surface area contributed by atoms with Gasteiger partial charge in [0.05, 0.1) is 6.61 Å². The Morgan fingerprint density at radius 1 is 1.28 bits per heavy atom. The maximum atomic E-state index is 5.97. The van der Waals surface area contributed by atoms with Crippen LogP contribution in [0.5, 0.6) is 5.88 Å². The van der Waals surface area contributed by atoms with Crippen LogP contribution in [0.2, 0.25) is 0 Å². The van der Waals surface area contributed by atoms with Crippen LogP contribution in [0.25, 0.3) is 0 Å². The summed E-state index contributed by atoms with van der Waals surface area (Å²) >= 11 is 0. The summed E-state index contributed by atoms with van der Waals surface area (Å²) in [5.74, 6) is 2.18. The van der Waals surface area contributed by atoms with Gasteiger partial charge in [-0.3, -0.25) is 0 Å². The molecule has 6 nitrogen and oxygen atoms in total. The summed E-state index contributed by atoms with van der Waals surface area (Å²) in [4.78, 5) is 8.45. The number of aryl methyl sites for hydroxylation is 1. The minimum absolute atomic E-state index is 0.408. The minimum atomic E-state index is 0.408. The molecule has 102 valence electrons. The van der Waals surface area contributed by atoms with Gasteiger partial charge in [0, 0.05) is 13.7 Å². The highest BCUT2D eigenvalue weighted by atomic mass is 16.5. The van der Waals surface area contributed by atoms with E-state index in [4.69, 9.17) is 15.2 Å². The van der Waals surface area contributed by atoms with Gasteiger partial charge in [0.25, 0.3) is 0 Å². The fourth-order valence-corrected chi connectivity index (χ4v) is 1.32. The third-order valence-corrected chi connectivity index (χ3v) is 2.23. The first-order valence-electron chi connectivity index (χ1n) is 6.04. The van der Waals surface area contributed by atoms with Gasteiger partial charge in [-0.2, -0.15) is 4.98 Å². The van der Waals surface area contributed by atoms with E-state index >= 15 is 0 Å². The third-order valence-electron chi connectivity index (χ3n) is 2.23. The molecule has 0 aromatic carbocycles. The lowest BCUT2D eigenvalue weighted by Gasteiger charge is -2.14. The number of hydrogen-bond donors (Lipinski definition) is 2. The molecule has 0 aliphatic carbocycles. The molecule has 0 radical (unpaired) electrons. The van der Waals surface area contributed by atoms with Crippen LogP contribution < -0.4 is 15.8 Å². The molecule has 0 spiro atoms. The number of hydrogen-bond acceptors (Lipinski definition) is 6. The van der Waals surface area contributed by atoms with E-state index in [1.807, 2.05) is 6.92 Å². The maximum absolute atomic E-state index is 5.97. The molecule has 0 amide bonds. The van der Waals surface area contributed by atoms with E-state index in [0.29, 0.717) is 42.3 Å². The fourth-order valence-electron chi connectivity index (χ4n) is 1.32. The molecule has 1 heterocycles. The van der Waals surface area contributed by atoms with Crippen molar-refractivity contribution in [1.82, 2.24) is 9.97 Å². The largest absolute Gasteiger partial charge is 0.474 e. The summed E-state index contributed by atoms with van der Waals surface area (Å²) in [5, 5.41) is 3.20. The Morgan fingerprint density at radius 3 is 2.61 bits per heavy atom. The van der Waals surface area contributed by atoms with Crippen molar-refractivity contribution in [2.45, 2.75) is 20.8 Å². The van der Waals surface area contributed by atoms with E-state index in [0.717, 1.165) is 6.54 Å². The second-order valence-corrected chi connectivity index (χ2v) is 4.45. The first kappa shape index (κ1) is 14.5. The second kappa shape index (κ2) is 7.00. The van der Waals surface area contributed by atoms with Crippen molar-refractivity contribution >= 4 is 11.5 Å². The predicted molar refractivity (Wildman–Crippen MR) is 71.9 cm³/mol. The quantitative estimate of drug-likeness (QED) is 0.717. The van der Waals surface area contributed by atoms with Crippen LogP contribution in [-0.2, 0) is 4.74 Å². The summed E-state index contributed by atoms with van der Waals surface area (Å²) in [6.45, 7) is 7.76. The zero-order valence-corrected chi connectivity index (χ0v) is 11.5. The highest BCUT2D eigenvalue weighted by molar-refractivity contribution is 5.66. The Kier molecular flexibility index (Phi) is 5.64. The second-order valence-electron chi connectivity index (χ2n) is 4.45. The van der Waals surface area contributed by atoms with Crippen LogP contribution in [0.4, 0.5) is 11.5 Å². The van der Waals surface area contributed by atoms with Crippen molar-refractivity contribution in [1.29, 1.82) is 0 Å². The Morgan fingerprint density at radius 2 is 2.00 bits per heavy atom. The number of methoxy groups -OCH3 is 1. The van der Waals surface area contributed by atoms with Gasteiger partial charge in [-0.1, -0.05) is 13.8 Å². The van der Waals surface area contributed by atoms with Gasteiger partial charge < -0.3 is 20.5 Å². The number of nitrogen functional groups attached to an aromatic ring is 1. The number of nitrogens with one attached hydrogen (secondary N) is 1. The molecule has 0 saturated heterocycles. The van der Waals surface area contributed by atoms with E-state index in [1.165, 1.54) is 0 Å². The molecule has 0 aliphatic heterocycles. The van der Waals surface area contributed by atoms with Gasteiger partial charge in [0.2, 0.25) is 5.88 Å².